The van der Waals surface area contributed by atoms with E-state index in [-0.39, 0.29) is 12.5 Å². The number of aliphatic hydroxyl groups is 1. The van der Waals surface area contributed by atoms with E-state index in [0.29, 0.717) is 23.0 Å². The molecular weight excluding hydrogens is 318 g/mol. The van der Waals surface area contributed by atoms with Crippen molar-refractivity contribution in [1.29, 1.82) is 0 Å². The number of likely N-dealkylation sites (tertiary alicyclic amines) is 1. The summed E-state index contributed by atoms with van der Waals surface area (Å²) in [6, 6.07) is 5.29. The lowest BCUT2D eigenvalue weighted by atomic mass is 10.1. The fraction of sp³-hybridized carbons (Fsp3) is 0.462. The first-order valence-corrected chi connectivity index (χ1v) is 7.14. The molecule has 1 saturated heterocycles. The fourth-order valence-electron chi connectivity index (χ4n) is 2.27. The monoisotopic (exact) mass is 331 g/mol. The van der Waals surface area contributed by atoms with Gasteiger partial charge in [0.1, 0.15) is 0 Å². The molecule has 1 aliphatic rings. The van der Waals surface area contributed by atoms with Crippen LogP contribution in [-0.2, 0) is 0 Å². The van der Waals surface area contributed by atoms with Gasteiger partial charge in [0.2, 0.25) is 0 Å². The van der Waals surface area contributed by atoms with Crippen LogP contribution >= 0.6 is 27.5 Å². The van der Waals surface area contributed by atoms with E-state index in [1.807, 2.05) is 11.0 Å². The zero-order chi connectivity index (χ0) is 13.1. The Hall–Kier alpha value is -0.580. The van der Waals surface area contributed by atoms with Crippen LogP contribution in [0.4, 0.5) is 0 Å². The van der Waals surface area contributed by atoms with Gasteiger partial charge in [-0.25, -0.2) is 0 Å². The summed E-state index contributed by atoms with van der Waals surface area (Å²) >= 11 is 9.41. The number of nitrogens with zero attached hydrogens (tertiary/aromatic N) is 1. The van der Waals surface area contributed by atoms with Crippen LogP contribution in [0.3, 0.4) is 0 Å². The average Bonchev–Trinajstić information content (AvgIpc) is 2.80. The quantitative estimate of drug-likeness (QED) is 0.924. The highest BCUT2D eigenvalue weighted by atomic mass is 79.9. The summed E-state index contributed by atoms with van der Waals surface area (Å²) in [4.78, 5) is 14.1. The van der Waals surface area contributed by atoms with Gasteiger partial charge in [-0.05, 0) is 37.0 Å². The summed E-state index contributed by atoms with van der Waals surface area (Å²) in [7, 11) is 0. The van der Waals surface area contributed by atoms with E-state index in [4.69, 9.17) is 16.7 Å². The van der Waals surface area contributed by atoms with Gasteiger partial charge in [0.25, 0.3) is 5.91 Å². The molecule has 1 unspecified atom stereocenters. The summed E-state index contributed by atoms with van der Waals surface area (Å²) in [5.74, 6) is 0.381. The number of carbonyl (C=O) groups is 1. The first kappa shape index (κ1) is 13.8. The highest BCUT2D eigenvalue weighted by Gasteiger charge is 2.27. The molecule has 1 heterocycles. The van der Waals surface area contributed by atoms with Crippen LogP contribution in [0.2, 0.25) is 5.02 Å². The molecule has 18 heavy (non-hydrogen) atoms. The summed E-state index contributed by atoms with van der Waals surface area (Å²) < 4.78 is 0.848. The Bertz CT molecular complexity index is 453. The molecule has 0 bridgehead atoms. The number of amides is 1. The van der Waals surface area contributed by atoms with Gasteiger partial charge in [0.05, 0.1) is 10.6 Å². The lowest BCUT2D eigenvalue weighted by Crippen LogP contribution is -2.29. The molecule has 1 atom stereocenters. The molecule has 0 aliphatic carbocycles. The minimum Gasteiger partial charge on any atom is -0.396 e. The van der Waals surface area contributed by atoms with Gasteiger partial charge in [-0.2, -0.15) is 0 Å². The predicted octanol–water partition coefficient (Wildman–Crippen LogP) is 2.95. The predicted molar refractivity (Wildman–Crippen MR) is 74.9 cm³/mol. The van der Waals surface area contributed by atoms with Crippen molar-refractivity contribution in [3.05, 3.63) is 33.3 Å². The van der Waals surface area contributed by atoms with Crippen LogP contribution in [0.5, 0.6) is 0 Å². The number of carbonyl (C=O) groups excluding carboxylic acids is 1. The number of hydrogen-bond acceptors (Lipinski definition) is 2. The Morgan fingerprint density at radius 2 is 2.33 bits per heavy atom. The molecule has 1 aromatic rings. The Morgan fingerprint density at radius 1 is 1.56 bits per heavy atom. The van der Waals surface area contributed by atoms with E-state index < -0.39 is 0 Å². The van der Waals surface area contributed by atoms with E-state index in [1.54, 1.807) is 12.1 Å². The molecule has 1 aliphatic heterocycles. The number of benzene rings is 1. The summed E-state index contributed by atoms with van der Waals surface area (Å²) in [5, 5.41) is 9.40. The van der Waals surface area contributed by atoms with Gasteiger partial charge in [-0.3, -0.25) is 4.79 Å². The van der Waals surface area contributed by atoms with Gasteiger partial charge in [-0.1, -0.05) is 27.5 Å². The molecule has 1 N–H and O–H groups in total. The zero-order valence-corrected chi connectivity index (χ0v) is 12.2. The van der Waals surface area contributed by atoms with Crippen molar-refractivity contribution >= 4 is 33.4 Å². The molecule has 0 saturated carbocycles. The van der Waals surface area contributed by atoms with Crippen molar-refractivity contribution in [1.82, 2.24) is 4.90 Å². The minimum absolute atomic E-state index is 0.0262. The standard InChI is InChI=1S/C13H15BrClNO2/c14-10-1-2-12(15)11(7-10)13(18)16-5-3-9(8-16)4-6-17/h1-2,7,9,17H,3-6,8H2. The maximum absolute atomic E-state index is 12.3. The third-order valence-electron chi connectivity index (χ3n) is 3.27. The molecule has 0 radical (unpaired) electrons. The van der Waals surface area contributed by atoms with Gasteiger partial charge in [0, 0.05) is 24.2 Å². The molecular formula is C13H15BrClNO2. The smallest absolute Gasteiger partial charge is 0.255 e. The Morgan fingerprint density at radius 3 is 3.06 bits per heavy atom. The third kappa shape index (κ3) is 3.05. The first-order chi connectivity index (χ1) is 8.61. The first-order valence-electron chi connectivity index (χ1n) is 5.97. The molecule has 0 aromatic heterocycles. The Kier molecular flexibility index (Phi) is 4.65. The lowest BCUT2D eigenvalue weighted by Gasteiger charge is -2.17. The van der Waals surface area contributed by atoms with Crippen molar-refractivity contribution < 1.29 is 9.90 Å². The number of hydrogen-bond donors (Lipinski definition) is 1. The van der Waals surface area contributed by atoms with Crippen LogP contribution in [-0.4, -0.2) is 35.6 Å². The van der Waals surface area contributed by atoms with E-state index in [1.165, 1.54) is 0 Å². The largest absolute Gasteiger partial charge is 0.396 e. The summed E-state index contributed by atoms with van der Waals surface area (Å²) in [6.45, 7) is 1.64. The summed E-state index contributed by atoms with van der Waals surface area (Å²) in [6.07, 6.45) is 1.72. The maximum atomic E-state index is 12.3. The third-order valence-corrected chi connectivity index (χ3v) is 4.09. The zero-order valence-electron chi connectivity index (χ0n) is 9.90. The molecule has 3 nitrogen and oxygen atoms in total. The number of aliphatic hydroxyl groups excluding tert-OH is 1. The van der Waals surface area contributed by atoms with Gasteiger partial charge in [-0.15, -0.1) is 0 Å². The topological polar surface area (TPSA) is 40.5 Å². The molecule has 2 rings (SSSR count). The maximum Gasteiger partial charge on any atom is 0.255 e. The highest BCUT2D eigenvalue weighted by Crippen LogP contribution is 2.26. The second-order valence-electron chi connectivity index (χ2n) is 4.54. The van der Waals surface area contributed by atoms with Crippen molar-refractivity contribution in [3.8, 4) is 0 Å². The second-order valence-corrected chi connectivity index (χ2v) is 5.87. The number of halogens is 2. The highest BCUT2D eigenvalue weighted by molar-refractivity contribution is 9.10. The van der Waals surface area contributed by atoms with Crippen molar-refractivity contribution in [2.24, 2.45) is 5.92 Å². The lowest BCUT2D eigenvalue weighted by molar-refractivity contribution is 0.0785. The van der Waals surface area contributed by atoms with Gasteiger partial charge in [0.15, 0.2) is 0 Å². The Labute approximate surface area is 120 Å². The molecule has 1 fully saturated rings. The van der Waals surface area contributed by atoms with Crippen molar-refractivity contribution in [3.63, 3.8) is 0 Å². The molecule has 5 heteroatoms. The second kappa shape index (κ2) is 6.04. The summed E-state index contributed by atoms with van der Waals surface area (Å²) in [5.41, 5.74) is 0.538. The Balaban J connectivity index is 2.10. The van der Waals surface area contributed by atoms with Crippen LogP contribution in [0, 0.1) is 5.92 Å². The normalized spacial score (nSPS) is 19.3. The fourth-order valence-corrected chi connectivity index (χ4v) is 2.83. The molecule has 0 spiro atoms. The van der Waals surface area contributed by atoms with E-state index >= 15 is 0 Å². The number of rotatable bonds is 3. The van der Waals surface area contributed by atoms with Crippen LogP contribution < -0.4 is 0 Å². The minimum atomic E-state index is -0.0262. The van der Waals surface area contributed by atoms with Gasteiger partial charge >= 0.3 is 0 Å². The van der Waals surface area contributed by atoms with E-state index in [9.17, 15) is 4.79 Å². The van der Waals surface area contributed by atoms with Crippen molar-refractivity contribution in [2.75, 3.05) is 19.7 Å². The average molecular weight is 333 g/mol. The van der Waals surface area contributed by atoms with Crippen LogP contribution in [0.1, 0.15) is 23.2 Å². The molecule has 1 aromatic carbocycles. The van der Waals surface area contributed by atoms with Crippen molar-refractivity contribution in [2.45, 2.75) is 12.8 Å². The van der Waals surface area contributed by atoms with Crippen LogP contribution in [0.25, 0.3) is 0 Å². The van der Waals surface area contributed by atoms with E-state index in [0.717, 1.165) is 23.9 Å². The van der Waals surface area contributed by atoms with E-state index in [2.05, 4.69) is 15.9 Å². The van der Waals surface area contributed by atoms with Gasteiger partial charge < -0.3 is 10.0 Å². The molecule has 98 valence electrons. The SMILES string of the molecule is O=C(c1cc(Br)ccc1Cl)N1CCC(CCO)C1. The van der Waals surface area contributed by atoms with Crippen LogP contribution in [0.15, 0.2) is 22.7 Å². The molecule has 1 amide bonds.